The molecular formula is C12H16BrNS2. The monoisotopic (exact) mass is 317 g/mol. The number of thiocarbonyl (C=S) groups is 1. The van der Waals surface area contributed by atoms with E-state index in [9.17, 15) is 0 Å². The highest BCUT2D eigenvalue weighted by atomic mass is 79.9. The number of thioether (sulfide) groups is 1. The molecule has 0 aromatic heterocycles. The van der Waals surface area contributed by atoms with Crippen molar-refractivity contribution < 1.29 is 0 Å². The number of hydrogen-bond acceptors (Lipinski definition) is 2. The van der Waals surface area contributed by atoms with Crippen LogP contribution in [0.2, 0.25) is 0 Å². The standard InChI is InChI=1S/C12H16BrNS2/c1-3-14(4-2)12(15)16-9-10-5-7-11(13)8-6-10/h5-8H,3-4,9H2,1-2H3. The van der Waals surface area contributed by atoms with E-state index in [2.05, 4.69) is 58.9 Å². The van der Waals surface area contributed by atoms with E-state index >= 15 is 0 Å². The van der Waals surface area contributed by atoms with Gasteiger partial charge in [-0.1, -0.05) is 52.0 Å². The summed E-state index contributed by atoms with van der Waals surface area (Å²) >= 11 is 10.5. The first-order chi connectivity index (χ1) is 7.67. The van der Waals surface area contributed by atoms with Gasteiger partial charge < -0.3 is 4.90 Å². The van der Waals surface area contributed by atoms with Crippen LogP contribution in [0.3, 0.4) is 0 Å². The highest BCUT2D eigenvalue weighted by molar-refractivity contribution is 9.10. The van der Waals surface area contributed by atoms with Crippen LogP contribution in [0.4, 0.5) is 0 Å². The second-order valence-corrected chi connectivity index (χ2v) is 5.88. The summed E-state index contributed by atoms with van der Waals surface area (Å²) in [5.74, 6) is 0.947. The average molecular weight is 318 g/mol. The van der Waals surface area contributed by atoms with Gasteiger partial charge in [-0.05, 0) is 31.5 Å². The van der Waals surface area contributed by atoms with E-state index in [1.165, 1.54) is 5.56 Å². The molecule has 0 fully saturated rings. The van der Waals surface area contributed by atoms with Crippen LogP contribution < -0.4 is 0 Å². The average Bonchev–Trinajstić information content (AvgIpc) is 2.30. The first-order valence-electron chi connectivity index (χ1n) is 5.33. The van der Waals surface area contributed by atoms with Crippen molar-refractivity contribution in [3.63, 3.8) is 0 Å². The van der Waals surface area contributed by atoms with Gasteiger partial charge in [0.1, 0.15) is 4.32 Å². The van der Waals surface area contributed by atoms with Crippen LogP contribution in [-0.2, 0) is 5.75 Å². The van der Waals surface area contributed by atoms with E-state index in [4.69, 9.17) is 12.2 Å². The fourth-order valence-corrected chi connectivity index (χ4v) is 2.92. The Balaban J connectivity index is 2.45. The predicted octanol–water partition coefficient (Wildman–Crippen LogP) is 4.31. The molecule has 16 heavy (non-hydrogen) atoms. The Morgan fingerprint density at radius 2 is 1.81 bits per heavy atom. The molecule has 0 atom stereocenters. The summed E-state index contributed by atoms with van der Waals surface area (Å²) in [6.07, 6.45) is 0. The second-order valence-electron chi connectivity index (χ2n) is 3.35. The van der Waals surface area contributed by atoms with E-state index in [1.54, 1.807) is 11.8 Å². The van der Waals surface area contributed by atoms with Gasteiger partial charge >= 0.3 is 0 Å². The van der Waals surface area contributed by atoms with Crippen molar-refractivity contribution in [3.8, 4) is 0 Å². The van der Waals surface area contributed by atoms with E-state index in [0.29, 0.717) is 0 Å². The molecule has 0 radical (unpaired) electrons. The smallest absolute Gasteiger partial charge is 0.136 e. The zero-order chi connectivity index (χ0) is 12.0. The molecule has 0 aliphatic carbocycles. The van der Waals surface area contributed by atoms with Crippen molar-refractivity contribution in [1.82, 2.24) is 4.90 Å². The SMILES string of the molecule is CCN(CC)C(=S)SCc1ccc(Br)cc1. The quantitative estimate of drug-likeness (QED) is 0.762. The van der Waals surface area contributed by atoms with Crippen LogP contribution in [0.15, 0.2) is 28.7 Å². The van der Waals surface area contributed by atoms with Gasteiger partial charge in [0, 0.05) is 23.3 Å². The first-order valence-corrected chi connectivity index (χ1v) is 7.52. The topological polar surface area (TPSA) is 3.24 Å². The van der Waals surface area contributed by atoms with Crippen molar-refractivity contribution in [2.45, 2.75) is 19.6 Å². The summed E-state index contributed by atoms with van der Waals surface area (Å²) in [6.45, 7) is 6.25. The Morgan fingerprint density at radius 1 is 1.25 bits per heavy atom. The van der Waals surface area contributed by atoms with Crippen LogP contribution in [0.5, 0.6) is 0 Å². The Morgan fingerprint density at radius 3 is 2.31 bits per heavy atom. The highest BCUT2D eigenvalue weighted by Crippen LogP contribution is 2.18. The van der Waals surface area contributed by atoms with Gasteiger partial charge in [0.25, 0.3) is 0 Å². The molecule has 0 N–H and O–H groups in total. The number of nitrogens with zero attached hydrogens (tertiary/aromatic N) is 1. The Kier molecular flexibility index (Phi) is 6.39. The van der Waals surface area contributed by atoms with Crippen LogP contribution >= 0.6 is 39.9 Å². The summed E-state index contributed by atoms with van der Waals surface area (Å²) in [5.41, 5.74) is 1.31. The van der Waals surface area contributed by atoms with E-state index in [0.717, 1.165) is 27.6 Å². The fraction of sp³-hybridized carbons (Fsp3) is 0.417. The lowest BCUT2D eigenvalue weighted by Gasteiger charge is -2.20. The van der Waals surface area contributed by atoms with Gasteiger partial charge in [0.2, 0.25) is 0 Å². The molecule has 4 heteroatoms. The van der Waals surface area contributed by atoms with Gasteiger partial charge in [0.15, 0.2) is 0 Å². The number of hydrogen-bond donors (Lipinski definition) is 0. The summed E-state index contributed by atoms with van der Waals surface area (Å²) in [6, 6.07) is 8.39. The van der Waals surface area contributed by atoms with Gasteiger partial charge in [-0.3, -0.25) is 0 Å². The molecule has 0 aliphatic heterocycles. The van der Waals surface area contributed by atoms with Crippen molar-refractivity contribution >= 4 is 44.2 Å². The minimum Gasteiger partial charge on any atom is -0.358 e. The maximum Gasteiger partial charge on any atom is 0.136 e. The van der Waals surface area contributed by atoms with E-state index in [1.807, 2.05) is 0 Å². The molecule has 0 amide bonds. The molecule has 0 unspecified atom stereocenters. The number of rotatable bonds is 4. The predicted molar refractivity (Wildman–Crippen MR) is 81.0 cm³/mol. The van der Waals surface area contributed by atoms with E-state index in [-0.39, 0.29) is 0 Å². The van der Waals surface area contributed by atoms with Crippen LogP contribution in [0.25, 0.3) is 0 Å². The molecule has 0 saturated heterocycles. The Bertz CT molecular complexity index is 333. The third-order valence-corrected chi connectivity index (χ3v) is 4.42. The van der Waals surface area contributed by atoms with Crippen molar-refractivity contribution in [2.24, 2.45) is 0 Å². The molecule has 0 saturated carbocycles. The van der Waals surface area contributed by atoms with Gasteiger partial charge in [-0.2, -0.15) is 0 Å². The maximum absolute atomic E-state index is 5.38. The molecule has 1 nitrogen and oxygen atoms in total. The molecule has 1 rings (SSSR count). The molecule has 0 spiro atoms. The number of halogens is 1. The summed E-state index contributed by atoms with van der Waals surface area (Å²) in [7, 11) is 0. The molecule has 88 valence electrons. The van der Waals surface area contributed by atoms with Gasteiger partial charge in [0.05, 0.1) is 0 Å². The zero-order valence-corrected chi connectivity index (χ0v) is 12.8. The first kappa shape index (κ1) is 14.0. The minimum atomic E-state index is 0.947. The van der Waals surface area contributed by atoms with Crippen LogP contribution in [-0.4, -0.2) is 22.3 Å². The van der Waals surface area contributed by atoms with Crippen LogP contribution in [0.1, 0.15) is 19.4 Å². The number of benzene rings is 1. The maximum atomic E-state index is 5.38. The molecule has 0 bridgehead atoms. The summed E-state index contributed by atoms with van der Waals surface area (Å²) < 4.78 is 2.11. The van der Waals surface area contributed by atoms with Crippen molar-refractivity contribution in [1.29, 1.82) is 0 Å². The highest BCUT2D eigenvalue weighted by Gasteiger charge is 2.05. The third kappa shape index (κ3) is 4.44. The molecule has 1 aromatic rings. The molecular weight excluding hydrogens is 302 g/mol. The van der Waals surface area contributed by atoms with Gasteiger partial charge in [-0.15, -0.1) is 0 Å². The summed E-state index contributed by atoms with van der Waals surface area (Å²) in [4.78, 5) is 2.21. The molecule has 1 aromatic carbocycles. The van der Waals surface area contributed by atoms with Crippen molar-refractivity contribution in [2.75, 3.05) is 13.1 Å². The lowest BCUT2D eigenvalue weighted by molar-refractivity contribution is 0.482. The Labute approximate surface area is 116 Å². The molecule has 0 heterocycles. The third-order valence-electron chi connectivity index (χ3n) is 2.30. The van der Waals surface area contributed by atoms with Crippen molar-refractivity contribution in [3.05, 3.63) is 34.3 Å². The lowest BCUT2D eigenvalue weighted by atomic mass is 10.2. The largest absolute Gasteiger partial charge is 0.358 e. The second kappa shape index (κ2) is 7.30. The lowest BCUT2D eigenvalue weighted by Crippen LogP contribution is -2.26. The Hall–Kier alpha value is -0.0600. The van der Waals surface area contributed by atoms with E-state index < -0.39 is 0 Å². The van der Waals surface area contributed by atoms with Gasteiger partial charge in [-0.25, -0.2) is 0 Å². The fourth-order valence-electron chi connectivity index (χ4n) is 1.30. The zero-order valence-electron chi connectivity index (χ0n) is 9.57. The minimum absolute atomic E-state index is 0.947. The molecule has 0 aliphatic rings. The van der Waals surface area contributed by atoms with Crippen LogP contribution in [0, 0.1) is 0 Å². The normalized spacial score (nSPS) is 10.2. The summed E-state index contributed by atoms with van der Waals surface area (Å²) in [5, 5.41) is 0.